The largest absolute Gasteiger partial charge is 0.481 e. The number of nitrogens with zero attached hydrogens (tertiary/aromatic N) is 1. The topological polar surface area (TPSA) is 40.5 Å². The van der Waals surface area contributed by atoms with Gasteiger partial charge in [-0.05, 0) is 24.2 Å². The molecule has 0 saturated carbocycles. The number of carboxylic acid groups (broad SMARTS) is 1. The fourth-order valence-corrected chi connectivity index (χ4v) is 2.47. The van der Waals surface area contributed by atoms with Gasteiger partial charge in [-0.15, -0.1) is 0 Å². The number of aliphatic carboxylic acids is 1. The normalized spacial score (nSPS) is 25.1. The molecule has 2 rings (SSSR count). The van der Waals surface area contributed by atoms with Crippen LogP contribution < -0.4 is 0 Å². The average molecular weight is 237 g/mol. The van der Waals surface area contributed by atoms with E-state index in [-0.39, 0.29) is 11.7 Å². The molecule has 0 aromatic heterocycles. The Balaban J connectivity index is 2.26. The second kappa shape index (κ2) is 4.84. The lowest BCUT2D eigenvalue weighted by Crippen LogP contribution is -2.23. The molecule has 1 fully saturated rings. The molecule has 17 heavy (non-hydrogen) atoms. The van der Waals surface area contributed by atoms with Gasteiger partial charge >= 0.3 is 5.97 Å². The molecule has 0 aliphatic carbocycles. The highest BCUT2D eigenvalue weighted by atomic mass is 19.1. The van der Waals surface area contributed by atoms with Crippen LogP contribution in [0.3, 0.4) is 0 Å². The summed E-state index contributed by atoms with van der Waals surface area (Å²) < 4.78 is 13.2. The van der Waals surface area contributed by atoms with Gasteiger partial charge in [-0.2, -0.15) is 0 Å². The summed E-state index contributed by atoms with van der Waals surface area (Å²) in [6, 6.07) is 6.27. The molecule has 0 bridgehead atoms. The third-order valence-corrected chi connectivity index (χ3v) is 3.44. The summed E-state index contributed by atoms with van der Waals surface area (Å²) in [7, 11) is 0. The van der Waals surface area contributed by atoms with Crippen LogP contribution in [0.4, 0.5) is 4.39 Å². The maximum atomic E-state index is 13.2. The van der Waals surface area contributed by atoms with Crippen molar-refractivity contribution in [2.45, 2.75) is 12.8 Å². The summed E-state index contributed by atoms with van der Waals surface area (Å²) in [6.45, 7) is 4.08. The predicted molar refractivity (Wildman–Crippen MR) is 62.4 cm³/mol. The highest BCUT2D eigenvalue weighted by Crippen LogP contribution is 2.32. The van der Waals surface area contributed by atoms with Crippen molar-refractivity contribution < 1.29 is 14.3 Å². The molecule has 3 nitrogen and oxygen atoms in total. The molecule has 0 radical (unpaired) electrons. The fraction of sp³-hybridized carbons (Fsp3) is 0.462. The zero-order valence-electron chi connectivity index (χ0n) is 9.77. The van der Waals surface area contributed by atoms with Crippen molar-refractivity contribution >= 4 is 5.97 Å². The van der Waals surface area contributed by atoms with Crippen molar-refractivity contribution in [1.82, 2.24) is 4.90 Å². The summed E-state index contributed by atoms with van der Waals surface area (Å²) in [5.74, 6) is -1.64. The van der Waals surface area contributed by atoms with E-state index in [0.717, 1.165) is 12.1 Å². The third kappa shape index (κ3) is 2.47. The Morgan fingerprint density at radius 1 is 1.53 bits per heavy atom. The van der Waals surface area contributed by atoms with Gasteiger partial charge in [0.05, 0.1) is 5.92 Å². The Labute approximate surface area is 99.9 Å². The van der Waals surface area contributed by atoms with Crippen LogP contribution >= 0.6 is 0 Å². The number of rotatable bonds is 3. The monoisotopic (exact) mass is 237 g/mol. The highest BCUT2D eigenvalue weighted by Gasteiger charge is 2.37. The second-order valence-corrected chi connectivity index (χ2v) is 4.46. The number of carboxylic acids is 1. The number of likely N-dealkylation sites (N-methyl/N-ethyl adjacent to an activating group) is 1. The first-order valence-electron chi connectivity index (χ1n) is 5.82. The maximum Gasteiger partial charge on any atom is 0.308 e. The van der Waals surface area contributed by atoms with Crippen LogP contribution in [0.2, 0.25) is 0 Å². The predicted octanol–water partition coefficient (Wildman–Crippen LogP) is 1.95. The molecule has 1 aromatic rings. The fourth-order valence-electron chi connectivity index (χ4n) is 2.47. The number of hydrogen-bond donors (Lipinski definition) is 1. The number of halogens is 1. The van der Waals surface area contributed by atoms with Crippen LogP contribution in [0.25, 0.3) is 0 Å². The summed E-state index contributed by atoms with van der Waals surface area (Å²) in [4.78, 5) is 13.3. The quantitative estimate of drug-likeness (QED) is 0.873. The van der Waals surface area contributed by atoms with E-state index in [1.807, 2.05) is 13.0 Å². The van der Waals surface area contributed by atoms with Crippen LogP contribution in [0, 0.1) is 11.7 Å². The van der Waals surface area contributed by atoms with Crippen LogP contribution in [0.15, 0.2) is 24.3 Å². The molecule has 0 amide bonds. The first kappa shape index (κ1) is 12.0. The third-order valence-electron chi connectivity index (χ3n) is 3.44. The van der Waals surface area contributed by atoms with Crippen LogP contribution in [-0.2, 0) is 4.79 Å². The van der Waals surface area contributed by atoms with Gasteiger partial charge in [0.1, 0.15) is 5.82 Å². The first-order valence-corrected chi connectivity index (χ1v) is 5.82. The molecule has 1 saturated heterocycles. The van der Waals surface area contributed by atoms with Crippen molar-refractivity contribution in [2.24, 2.45) is 5.92 Å². The molecule has 0 spiro atoms. The number of likely N-dealkylation sites (tertiary alicyclic amines) is 1. The van der Waals surface area contributed by atoms with Gasteiger partial charge < -0.3 is 10.0 Å². The number of benzene rings is 1. The minimum absolute atomic E-state index is 0.108. The zero-order valence-corrected chi connectivity index (χ0v) is 9.77. The molecular weight excluding hydrogens is 221 g/mol. The molecule has 2 atom stereocenters. The number of carbonyl (C=O) groups is 1. The molecule has 1 aliphatic heterocycles. The smallest absolute Gasteiger partial charge is 0.308 e. The highest BCUT2D eigenvalue weighted by molar-refractivity contribution is 5.72. The van der Waals surface area contributed by atoms with Gasteiger partial charge in [-0.25, -0.2) is 4.39 Å². The van der Waals surface area contributed by atoms with Crippen molar-refractivity contribution in [1.29, 1.82) is 0 Å². The molecule has 1 aromatic carbocycles. The number of hydrogen-bond acceptors (Lipinski definition) is 2. The van der Waals surface area contributed by atoms with Gasteiger partial charge in [0.25, 0.3) is 0 Å². The molecule has 1 heterocycles. The summed E-state index contributed by atoms with van der Waals surface area (Å²) in [6.07, 6.45) is 0. The van der Waals surface area contributed by atoms with Gasteiger partial charge in [-0.1, -0.05) is 19.1 Å². The lowest BCUT2D eigenvalue weighted by Gasteiger charge is -2.15. The van der Waals surface area contributed by atoms with Crippen molar-refractivity contribution in [3.63, 3.8) is 0 Å². The minimum atomic E-state index is -0.796. The second-order valence-electron chi connectivity index (χ2n) is 4.46. The van der Waals surface area contributed by atoms with Gasteiger partial charge in [0.15, 0.2) is 0 Å². The summed E-state index contributed by atoms with van der Waals surface area (Å²) in [5, 5.41) is 9.21. The average Bonchev–Trinajstić information content (AvgIpc) is 2.73. The summed E-state index contributed by atoms with van der Waals surface area (Å²) in [5.41, 5.74) is 0.786. The van der Waals surface area contributed by atoms with E-state index in [9.17, 15) is 14.3 Å². The van der Waals surface area contributed by atoms with E-state index < -0.39 is 11.9 Å². The van der Waals surface area contributed by atoms with E-state index >= 15 is 0 Å². The summed E-state index contributed by atoms with van der Waals surface area (Å²) >= 11 is 0. The van der Waals surface area contributed by atoms with E-state index in [1.54, 1.807) is 6.07 Å². The van der Waals surface area contributed by atoms with E-state index in [0.29, 0.717) is 13.1 Å². The van der Waals surface area contributed by atoms with E-state index in [2.05, 4.69) is 4.90 Å². The standard InChI is InChI=1S/C13H16FNO2/c1-2-15-7-11(12(8-15)13(16)17)9-4-3-5-10(14)6-9/h3-6,11-12H,2,7-8H2,1H3,(H,16,17). The first-order chi connectivity index (χ1) is 8.11. The van der Waals surface area contributed by atoms with E-state index in [4.69, 9.17) is 0 Å². The van der Waals surface area contributed by atoms with Gasteiger partial charge in [0.2, 0.25) is 0 Å². The maximum absolute atomic E-state index is 13.2. The lowest BCUT2D eigenvalue weighted by atomic mass is 9.89. The Morgan fingerprint density at radius 2 is 2.29 bits per heavy atom. The minimum Gasteiger partial charge on any atom is -0.481 e. The van der Waals surface area contributed by atoms with Crippen molar-refractivity contribution in [3.8, 4) is 0 Å². The molecule has 4 heteroatoms. The zero-order chi connectivity index (χ0) is 12.4. The van der Waals surface area contributed by atoms with Gasteiger partial charge in [0, 0.05) is 19.0 Å². The van der Waals surface area contributed by atoms with Crippen molar-refractivity contribution in [3.05, 3.63) is 35.6 Å². The van der Waals surface area contributed by atoms with Crippen LogP contribution in [0.1, 0.15) is 18.4 Å². The van der Waals surface area contributed by atoms with Crippen LogP contribution in [0.5, 0.6) is 0 Å². The SMILES string of the molecule is CCN1CC(C(=O)O)C(c2cccc(F)c2)C1. The Bertz CT molecular complexity index is 422. The Kier molecular flexibility index (Phi) is 3.43. The molecule has 92 valence electrons. The molecule has 1 N–H and O–H groups in total. The Morgan fingerprint density at radius 3 is 2.88 bits per heavy atom. The lowest BCUT2D eigenvalue weighted by molar-refractivity contribution is -0.141. The molecule has 2 unspecified atom stereocenters. The van der Waals surface area contributed by atoms with Crippen molar-refractivity contribution in [2.75, 3.05) is 19.6 Å². The molecule has 1 aliphatic rings. The van der Waals surface area contributed by atoms with E-state index in [1.165, 1.54) is 12.1 Å². The Hall–Kier alpha value is -1.42. The van der Waals surface area contributed by atoms with Crippen LogP contribution in [-0.4, -0.2) is 35.6 Å². The molecular formula is C13H16FNO2. The van der Waals surface area contributed by atoms with Gasteiger partial charge in [-0.3, -0.25) is 4.79 Å².